The minimum absolute atomic E-state index is 0.0271. The Bertz CT molecular complexity index is 536. The SMILES string of the molecule is CC(C)(C)OC(=O)N(O)C(CCO)c1cncc(C#N)n1. The summed E-state index contributed by atoms with van der Waals surface area (Å²) >= 11 is 0. The molecule has 21 heavy (non-hydrogen) atoms. The van der Waals surface area contributed by atoms with Crippen molar-refractivity contribution in [3.8, 4) is 6.07 Å². The van der Waals surface area contributed by atoms with Gasteiger partial charge in [0, 0.05) is 6.61 Å². The number of nitrogens with zero attached hydrogens (tertiary/aromatic N) is 4. The number of hydroxylamine groups is 2. The summed E-state index contributed by atoms with van der Waals surface area (Å²) in [7, 11) is 0. The van der Waals surface area contributed by atoms with Gasteiger partial charge in [0.05, 0.1) is 18.1 Å². The fourth-order valence-corrected chi connectivity index (χ4v) is 1.55. The van der Waals surface area contributed by atoms with Crippen LogP contribution in [0.1, 0.15) is 44.6 Å². The van der Waals surface area contributed by atoms with Crippen molar-refractivity contribution in [3.63, 3.8) is 0 Å². The number of aromatic nitrogens is 2. The average molecular weight is 294 g/mol. The van der Waals surface area contributed by atoms with Gasteiger partial charge in [0.1, 0.15) is 17.7 Å². The van der Waals surface area contributed by atoms with Crippen LogP contribution in [0.2, 0.25) is 0 Å². The Balaban J connectivity index is 3.00. The smallest absolute Gasteiger partial charge is 0.434 e. The molecule has 0 aliphatic heterocycles. The third-order valence-electron chi connectivity index (χ3n) is 2.39. The number of aliphatic hydroxyl groups excluding tert-OH is 1. The van der Waals surface area contributed by atoms with E-state index in [2.05, 4.69) is 9.97 Å². The quantitative estimate of drug-likeness (QED) is 0.636. The molecule has 8 heteroatoms. The number of amides is 1. The molecule has 0 aliphatic rings. The molecule has 0 saturated heterocycles. The van der Waals surface area contributed by atoms with Crippen molar-refractivity contribution in [1.82, 2.24) is 15.0 Å². The van der Waals surface area contributed by atoms with E-state index < -0.39 is 17.7 Å². The maximum atomic E-state index is 11.9. The van der Waals surface area contributed by atoms with E-state index >= 15 is 0 Å². The lowest BCUT2D eigenvalue weighted by Gasteiger charge is -2.28. The molecular weight excluding hydrogens is 276 g/mol. The van der Waals surface area contributed by atoms with E-state index in [1.807, 2.05) is 6.07 Å². The van der Waals surface area contributed by atoms with Gasteiger partial charge in [-0.15, -0.1) is 0 Å². The summed E-state index contributed by atoms with van der Waals surface area (Å²) in [5.74, 6) is 0. The lowest BCUT2D eigenvalue weighted by molar-refractivity contribution is -0.126. The van der Waals surface area contributed by atoms with Gasteiger partial charge >= 0.3 is 6.09 Å². The van der Waals surface area contributed by atoms with Gasteiger partial charge in [0.2, 0.25) is 0 Å². The zero-order valence-electron chi connectivity index (χ0n) is 12.1. The molecule has 1 aromatic heterocycles. The van der Waals surface area contributed by atoms with Gasteiger partial charge < -0.3 is 9.84 Å². The molecule has 8 nitrogen and oxygen atoms in total. The Labute approximate surface area is 122 Å². The van der Waals surface area contributed by atoms with E-state index in [0.29, 0.717) is 5.06 Å². The zero-order valence-corrected chi connectivity index (χ0v) is 12.1. The highest BCUT2D eigenvalue weighted by atomic mass is 16.6. The van der Waals surface area contributed by atoms with Crippen molar-refractivity contribution in [2.24, 2.45) is 0 Å². The minimum Gasteiger partial charge on any atom is -0.442 e. The van der Waals surface area contributed by atoms with Crippen molar-refractivity contribution in [3.05, 3.63) is 23.8 Å². The topological polar surface area (TPSA) is 120 Å². The molecule has 1 amide bonds. The summed E-state index contributed by atoms with van der Waals surface area (Å²) in [5.41, 5.74) is -0.536. The van der Waals surface area contributed by atoms with Gasteiger partial charge in [-0.2, -0.15) is 10.3 Å². The maximum absolute atomic E-state index is 11.9. The summed E-state index contributed by atoms with van der Waals surface area (Å²) in [5, 5.41) is 28.2. The fourth-order valence-electron chi connectivity index (χ4n) is 1.55. The summed E-state index contributed by atoms with van der Waals surface area (Å²) in [6, 6.07) is 0.865. The van der Waals surface area contributed by atoms with Gasteiger partial charge in [0.15, 0.2) is 5.69 Å². The lowest BCUT2D eigenvalue weighted by atomic mass is 10.1. The molecule has 1 heterocycles. The number of hydrogen-bond acceptors (Lipinski definition) is 7. The molecular formula is C13H18N4O4. The van der Waals surface area contributed by atoms with Gasteiger partial charge in [0.25, 0.3) is 0 Å². The highest BCUT2D eigenvalue weighted by molar-refractivity contribution is 5.67. The predicted octanol–water partition coefficient (Wildman–Crippen LogP) is 1.40. The van der Waals surface area contributed by atoms with Crippen molar-refractivity contribution < 1.29 is 19.8 Å². The summed E-state index contributed by atoms with van der Waals surface area (Å²) in [6.45, 7) is 4.70. The number of ether oxygens (including phenoxy) is 1. The molecule has 1 atom stereocenters. The number of carbonyl (C=O) groups is 1. The third kappa shape index (κ3) is 4.98. The number of nitriles is 1. The Kier molecular flexibility index (Phi) is 5.58. The van der Waals surface area contributed by atoms with Crippen LogP contribution in [0.4, 0.5) is 4.79 Å². The molecule has 0 fully saturated rings. The zero-order chi connectivity index (χ0) is 16.0. The molecule has 0 bridgehead atoms. The van der Waals surface area contributed by atoms with Gasteiger partial charge in [-0.05, 0) is 27.2 Å². The predicted molar refractivity (Wildman–Crippen MR) is 71.1 cm³/mol. The number of hydrogen-bond donors (Lipinski definition) is 2. The monoisotopic (exact) mass is 294 g/mol. The van der Waals surface area contributed by atoms with Crippen molar-refractivity contribution in [1.29, 1.82) is 5.26 Å². The Morgan fingerprint density at radius 1 is 1.52 bits per heavy atom. The minimum atomic E-state index is -0.967. The van der Waals surface area contributed by atoms with Crippen molar-refractivity contribution >= 4 is 6.09 Å². The normalized spacial score (nSPS) is 12.4. The summed E-state index contributed by atoms with van der Waals surface area (Å²) in [6.07, 6.45) is 1.63. The molecule has 1 rings (SSSR count). The molecule has 114 valence electrons. The molecule has 2 N–H and O–H groups in total. The number of aliphatic hydroxyl groups is 1. The van der Waals surface area contributed by atoms with Crippen LogP contribution < -0.4 is 0 Å². The average Bonchev–Trinajstić information content (AvgIpc) is 2.42. The van der Waals surface area contributed by atoms with Crippen LogP contribution >= 0.6 is 0 Å². The van der Waals surface area contributed by atoms with Crippen LogP contribution in [0.15, 0.2) is 12.4 Å². The van der Waals surface area contributed by atoms with Crippen LogP contribution in [0.5, 0.6) is 0 Å². The first-order valence-corrected chi connectivity index (χ1v) is 6.32. The second-order valence-corrected chi connectivity index (χ2v) is 5.29. The lowest BCUT2D eigenvalue weighted by Crippen LogP contribution is -2.37. The van der Waals surface area contributed by atoms with E-state index in [1.54, 1.807) is 20.8 Å². The number of carbonyl (C=O) groups excluding carboxylic acids is 1. The number of rotatable bonds is 4. The summed E-state index contributed by atoms with van der Waals surface area (Å²) < 4.78 is 5.05. The van der Waals surface area contributed by atoms with Gasteiger partial charge in [-0.25, -0.2) is 9.78 Å². The van der Waals surface area contributed by atoms with Crippen LogP contribution in [0.25, 0.3) is 0 Å². The Morgan fingerprint density at radius 3 is 2.71 bits per heavy atom. The second kappa shape index (κ2) is 6.97. The van der Waals surface area contributed by atoms with Crippen molar-refractivity contribution in [2.45, 2.75) is 38.8 Å². The Morgan fingerprint density at radius 2 is 2.19 bits per heavy atom. The first-order chi connectivity index (χ1) is 9.78. The van der Waals surface area contributed by atoms with Gasteiger partial charge in [-0.1, -0.05) is 0 Å². The first kappa shape index (κ1) is 16.8. The van der Waals surface area contributed by atoms with E-state index in [4.69, 9.17) is 15.1 Å². The van der Waals surface area contributed by atoms with E-state index in [0.717, 1.165) is 0 Å². The van der Waals surface area contributed by atoms with Crippen LogP contribution in [-0.4, -0.2) is 43.6 Å². The molecule has 0 aliphatic carbocycles. The van der Waals surface area contributed by atoms with Crippen molar-refractivity contribution in [2.75, 3.05) is 6.61 Å². The third-order valence-corrected chi connectivity index (χ3v) is 2.39. The van der Waals surface area contributed by atoms with E-state index in [9.17, 15) is 10.0 Å². The van der Waals surface area contributed by atoms with E-state index in [1.165, 1.54) is 12.4 Å². The molecule has 0 aromatic carbocycles. The van der Waals surface area contributed by atoms with Crippen LogP contribution in [-0.2, 0) is 4.74 Å². The molecule has 1 unspecified atom stereocenters. The largest absolute Gasteiger partial charge is 0.442 e. The highest BCUT2D eigenvalue weighted by Gasteiger charge is 2.29. The maximum Gasteiger partial charge on any atom is 0.434 e. The van der Waals surface area contributed by atoms with E-state index in [-0.39, 0.29) is 24.4 Å². The molecule has 0 saturated carbocycles. The molecule has 0 spiro atoms. The first-order valence-electron chi connectivity index (χ1n) is 6.32. The van der Waals surface area contributed by atoms with Crippen LogP contribution in [0.3, 0.4) is 0 Å². The fraction of sp³-hybridized carbons (Fsp3) is 0.538. The summed E-state index contributed by atoms with van der Waals surface area (Å²) in [4.78, 5) is 19.6. The molecule has 1 aromatic rings. The van der Waals surface area contributed by atoms with Crippen LogP contribution in [0, 0.1) is 11.3 Å². The second-order valence-electron chi connectivity index (χ2n) is 5.29. The molecule has 0 radical (unpaired) electrons. The standard InChI is InChI=1S/C13H18N4O4/c1-13(2,3)21-12(19)17(20)11(4-5-18)10-8-15-7-9(6-14)16-10/h7-8,11,18,20H,4-5H2,1-3H3. The highest BCUT2D eigenvalue weighted by Crippen LogP contribution is 2.22. The van der Waals surface area contributed by atoms with Gasteiger partial charge in [-0.3, -0.25) is 10.2 Å². The Hall–Kier alpha value is -2.24.